The third-order valence-corrected chi connectivity index (χ3v) is 3.13. The second-order valence-electron chi connectivity index (χ2n) is 4.00. The Kier molecular flexibility index (Phi) is 4.34. The molecule has 0 aliphatic carbocycles. The zero-order valence-corrected chi connectivity index (χ0v) is 11.2. The number of H-pyrrole nitrogens is 1. The molecule has 0 saturated heterocycles. The quantitative estimate of drug-likeness (QED) is 0.832. The minimum absolute atomic E-state index is 0.749. The van der Waals surface area contributed by atoms with Crippen LogP contribution in [0.25, 0.3) is 11.3 Å². The zero-order valence-electron chi connectivity index (χ0n) is 9.62. The minimum atomic E-state index is 0.749. The van der Waals surface area contributed by atoms with Gasteiger partial charge in [-0.3, -0.25) is 0 Å². The molecule has 0 aliphatic rings. The molecule has 1 aromatic carbocycles. The summed E-state index contributed by atoms with van der Waals surface area (Å²) in [5, 5.41) is 0. The van der Waals surface area contributed by atoms with Gasteiger partial charge in [-0.25, -0.2) is 4.98 Å². The maximum absolute atomic E-state index is 5.47. The highest BCUT2D eigenvalue weighted by Gasteiger charge is 2.03. The third-order valence-electron chi connectivity index (χ3n) is 2.63. The number of imidazole rings is 1. The maximum atomic E-state index is 5.47. The highest BCUT2D eigenvalue weighted by Crippen LogP contribution is 2.21. The molecule has 0 saturated carbocycles. The number of nitrogens with one attached hydrogen (secondary N) is 1. The number of hydrogen-bond acceptors (Lipinski definition) is 2. The Labute approximate surface area is 110 Å². The number of halogens is 1. The third kappa shape index (κ3) is 3.41. The van der Waals surface area contributed by atoms with Crippen LogP contribution in [0.1, 0.15) is 18.7 Å². The summed E-state index contributed by atoms with van der Waals surface area (Å²) in [4.78, 5) is 7.73. The topological polar surface area (TPSA) is 54.7 Å². The Morgan fingerprint density at radius 2 is 2.18 bits per heavy atom. The molecular formula is C13H16BrN3. The van der Waals surface area contributed by atoms with E-state index in [0.717, 1.165) is 47.4 Å². The van der Waals surface area contributed by atoms with Gasteiger partial charge in [-0.2, -0.15) is 0 Å². The molecule has 4 heteroatoms. The van der Waals surface area contributed by atoms with Crippen molar-refractivity contribution in [2.75, 3.05) is 6.54 Å². The summed E-state index contributed by atoms with van der Waals surface area (Å²) in [6.45, 7) is 0.749. The smallest absolute Gasteiger partial charge is 0.106 e. The van der Waals surface area contributed by atoms with Gasteiger partial charge in [0.1, 0.15) is 5.82 Å². The lowest BCUT2D eigenvalue weighted by Gasteiger charge is -1.98. The van der Waals surface area contributed by atoms with E-state index >= 15 is 0 Å². The van der Waals surface area contributed by atoms with Crippen LogP contribution in [-0.4, -0.2) is 16.5 Å². The van der Waals surface area contributed by atoms with Crippen molar-refractivity contribution in [1.29, 1.82) is 0 Å². The molecule has 0 amide bonds. The molecule has 0 bridgehead atoms. The van der Waals surface area contributed by atoms with Crippen molar-refractivity contribution in [1.82, 2.24) is 9.97 Å². The summed E-state index contributed by atoms with van der Waals surface area (Å²) in [5.41, 5.74) is 7.68. The van der Waals surface area contributed by atoms with Gasteiger partial charge >= 0.3 is 0 Å². The normalized spacial score (nSPS) is 10.7. The van der Waals surface area contributed by atoms with Crippen LogP contribution in [0.4, 0.5) is 0 Å². The molecule has 0 radical (unpaired) electrons. The van der Waals surface area contributed by atoms with Crippen molar-refractivity contribution in [2.45, 2.75) is 19.3 Å². The van der Waals surface area contributed by atoms with Crippen molar-refractivity contribution in [3.8, 4) is 11.3 Å². The van der Waals surface area contributed by atoms with Crippen LogP contribution in [0.15, 0.2) is 34.9 Å². The Morgan fingerprint density at radius 3 is 2.94 bits per heavy atom. The number of nitrogens with two attached hydrogens (primary N) is 1. The molecule has 17 heavy (non-hydrogen) atoms. The van der Waals surface area contributed by atoms with E-state index in [4.69, 9.17) is 5.73 Å². The van der Waals surface area contributed by atoms with E-state index in [1.54, 1.807) is 0 Å². The van der Waals surface area contributed by atoms with Gasteiger partial charge in [-0.15, -0.1) is 0 Å². The second kappa shape index (κ2) is 5.98. The van der Waals surface area contributed by atoms with E-state index in [-0.39, 0.29) is 0 Å². The van der Waals surface area contributed by atoms with Crippen LogP contribution in [0.5, 0.6) is 0 Å². The fourth-order valence-electron chi connectivity index (χ4n) is 1.73. The molecule has 0 unspecified atom stereocenters. The number of aryl methyl sites for hydroxylation is 1. The molecule has 3 nitrogen and oxygen atoms in total. The molecule has 3 N–H and O–H groups in total. The molecule has 0 spiro atoms. The summed E-state index contributed by atoms with van der Waals surface area (Å²) in [7, 11) is 0. The fourth-order valence-corrected chi connectivity index (χ4v) is 2.13. The summed E-state index contributed by atoms with van der Waals surface area (Å²) < 4.78 is 1.08. The van der Waals surface area contributed by atoms with Gasteiger partial charge in [-0.1, -0.05) is 28.1 Å². The van der Waals surface area contributed by atoms with Gasteiger partial charge in [-0.05, 0) is 31.5 Å². The van der Waals surface area contributed by atoms with Gasteiger partial charge < -0.3 is 10.7 Å². The Balaban J connectivity index is 2.07. The number of aromatic nitrogens is 2. The molecule has 2 rings (SSSR count). The van der Waals surface area contributed by atoms with Gasteiger partial charge in [0.25, 0.3) is 0 Å². The van der Waals surface area contributed by atoms with Crippen molar-refractivity contribution in [3.63, 3.8) is 0 Å². The zero-order chi connectivity index (χ0) is 12.1. The first-order valence-corrected chi connectivity index (χ1v) is 6.59. The second-order valence-corrected chi connectivity index (χ2v) is 4.92. The van der Waals surface area contributed by atoms with Gasteiger partial charge in [0, 0.05) is 16.5 Å². The largest absolute Gasteiger partial charge is 0.342 e. The predicted octanol–water partition coefficient (Wildman–Crippen LogP) is 3.12. The lowest BCUT2D eigenvalue weighted by Crippen LogP contribution is -1.99. The van der Waals surface area contributed by atoms with Crippen LogP contribution in [0, 0.1) is 0 Å². The van der Waals surface area contributed by atoms with Crippen molar-refractivity contribution in [2.24, 2.45) is 5.73 Å². The van der Waals surface area contributed by atoms with Crippen molar-refractivity contribution >= 4 is 15.9 Å². The standard InChI is InChI=1S/C13H16BrN3/c14-11-5-3-4-10(8-11)12-9-16-13(17-12)6-1-2-7-15/h3-5,8-9H,1-2,6-7,15H2,(H,16,17). The number of nitrogens with zero attached hydrogens (tertiary/aromatic N) is 1. The van der Waals surface area contributed by atoms with Crippen LogP contribution in [0.2, 0.25) is 0 Å². The lowest BCUT2D eigenvalue weighted by atomic mass is 10.2. The summed E-state index contributed by atoms with van der Waals surface area (Å²) in [6.07, 6.45) is 4.99. The van der Waals surface area contributed by atoms with Crippen LogP contribution in [0.3, 0.4) is 0 Å². The Morgan fingerprint density at radius 1 is 1.29 bits per heavy atom. The molecule has 0 atom stereocenters. The predicted molar refractivity (Wildman–Crippen MR) is 73.7 cm³/mol. The van der Waals surface area contributed by atoms with Gasteiger partial charge in [0.05, 0.1) is 11.9 Å². The lowest BCUT2D eigenvalue weighted by molar-refractivity contribution is 0.723. The first-order chi connectivity index (χ1) is 8.29. The first-order valence-electron chi connectivity index (χ1n) is 5.79. The number of rotatable bonds is 5. The molecule has 1 heterocycles. The first kappa shape index (κ1) is 12.3. The van der Waals surface area contributed by atoms with E-state index in [1.165, 1.54) is 0 Å². The molecule has 0 aliphatic heterocycles. The van der Waals surface area contributed by atoms with Crippen molar-refractivity contribution in [3.05, 3.63) is 40.8 Å². The molecule has 0 fully saturated rings. The molecule has 1 aromatic heterocycles. The summed E-state index contributed by atoms with van der Waals surface area (Å²) in [6, 6.07) is 8.19. The number of benzene rings is 1. The van der Waals surface area contributed by atoms with Crippen LogP contribution < -0.4 is 5.73 Å². The van der Waals surface area contributed by atoms with Crippen LogP contribution in [-0.2, 0) is 6.42 Å². The van der Waals surface area contributed by atoms with Crippen LogP contribution >= 0.6 is 15.9 Å². The van der Waals surface area contributed by atoms with Crippen molar-refractivity contribution < 1.29 is 0 Å². The van der Waals surface area contributed by atoms with E-state index in [1.807, 2.05) is 18.3 Å². The average Bonchev–Trinajstić information content (AvgIpc) is 2.78. The van der Waals surface area contributed by atoms with E-state index in [2.05, 4.69) is 38.0 Å². The van der Waals surface area contributed by atoms with E-state index < -0.39 is 0 Å². The molecule has 2 aromatic rings. The minimum Gasteiger partial charge on any atom is -0.342 e. The average molecular weight is 294 g/mol. The van der Waals surface area contributed by atoms with Gasteiger partial charge in [0.15, 0.2) is 0 Å². The number of hydrogen-bond donors (Lipinski definition) is 2. The van der Waals surface area contributed by atoms with E-state index in [0.29, 0.717) is 0 Å². The summed E-state index contributed by atoms with van der Waals surface area (Å²) in [5.74, 6) is 1.04. The molecular weight excluding hydrogens is 278 g/mol. The summed E-state index contributed by atoms with van der Waals surface area (Å²) >= 11 is 3.47. The highest BCUT2D eigenvalue weighted by atomic mass is 79.9. The Bertz CT molecular complexity index is 479. The van der Waals surface area contributed by atoms with Gasteiger partial charge in [0.2, 0.25) is 0 Å². The van der Waals surface area contributed by atoms with E-state index in [9.17, 15) is 0 Å². The highest BCUT2D eigenvalue weighted by molar-refractivity contribution is 9.10. The molecule has 90 valence electrons. The fraction of sp³-hybridized carbons (Fsp3) is 0.308. The number of unbranched alkanes of at least 4 members (excludes halogenated alkanes) is 1. The maximum Gasteiger partial charge on any atom is 0.106 e. The SMILES string of the molecule is NCCCCc1ncc(-c2cccc(Br)c2)[nH]1. The number of aromatic amines is 1. The monoisotopic (exact) mass is 293 g/mol. The Hall–Kier alpha value is -1.13.